The molecule has 0 spiro atoms. The Labute approximate surface area is 130 Å². The van der Waals surface area contributed by atoms with E-state index in [1.54, 1.807) is 27.7 Å². The standard InChI is InChI=1S/C14H25NO5S/c1-7-9(2)14(11(17)18,8-21-10(3)16)15-12(19)20-13(4,5)6/h9H,7-8H2,1-6H3,(H,15,19)(H,17,18). The van der Waals surface area contributed by atoms with E-state index in [0.29, 0.717) is 6.42 Å². The lowest BCUT2D eigenvalue weighted by Gasteiger charge is -2.35. The molecule has 0 radical (unpaired) electrons. The van der Waals surface area contributed by atoms with Gasteiger partial charge in [-0.1, -0.05) is 32.0 Å². The molecule has 0 aliphatic rings. The smallest absolute Gasteiger partial charge is 0.408 e. The second-order valence-electron chi connectivity index (χ2n) is 5.99. The van der Waals surface area contributed by atoms with Crippen LogP contribution >= 0.6 is 11.8 Å². The summed E-state index contributed by atoms with van der Waals surface area (Å²) >= 11 is 0.880. The van der Waals surface area contributed by atoms with Crippen molar-refractivity contribution in [2.45, 2.75) is 59.1 Å². The van der Waals surface area contributed by atoms with Crippen molar-refractivity contribution in [3.63, 3.8) is 0 Å². The van der Waals surface area contributed by atoms with Gasteiger partial charge in [0.25, 0.3) is 0 Å². The van der Waals surface area contributed by atoms with Crippen LogP contribution in [0.3, 0.4) is 0 Å². The van der Waals surface area contributed by atoms with Crippen LogP contribution in [0.25, 0.3) is 0 Å². The Kier molecular flexibility index (Phi) is 7.23. The average molecular weight is 319 g/mol. The number of carboxylic acids is 1. The van der Waals surface area contributed by atoms with E-state index < -0.39 is 23.2 Å². The first-order valence-corrected chi connectivity index (χ1v) is 7.81. The predicted octanol–water partition coefficient (Wildman–Crippen LogP) is 2.66. The van der Waals surface area contributed by atoms with Gasteiger partial charge >= 0.3 is 12.1 Å². The molecule has 0 aromatic carbocycles. The molecular formula is C14H25NO5S. The van der Waals surface area contributed by atoms with E-state index >= 15 is 0 Å². The maximum Gasteiger partial charge on any atom is 0.408 e. The van der Waals surface area contributed by atoms with Crippen LogP contribution < -0.4 is 5.32 Å². The van der Waals surface area contributed by atoms with Crippen molar-refractivity contribution < 1.29 is 24.2 Å². The van der Waals surface area contributed by atoms with E-state index in [1.165, 1.54) is 6.92 Å². The molecule has 2 atom stereocenters. The summed E-state index contributed by atoms with van der Waals surface area (Å²) in [6.45, 7) is 10.0. The summed E-state index contributed by atoms with van der Waals surface area (Å²) in [5.41, 5.74) is -2.26. The highest BCUT2D eigenvalue weighted by atomic mass is 32.2. The van der Waals surface area contributed by atoms with Gasteiger partial charge in [0.2, 0.25) is 0 Å². The van der Waals surface area contributed by atoms with E-state index in [4.69, 9.17) is 4.74 Å². The SMILES string of the molecule is CCC(C)C(CSC(C)=O)(NC(=O)OC(C)(C)C)C(=O)O. The van der Waals surface area contributed by atoms with Gasteiger partial charge in [-0.25, -0.2) is 9.59 Å². The van der Waals surface area contributed by atoms with Gasteiger partial charge in [-0.3, -0.25) is 4.79 Å². The minimum Gasteiger partial charge on any atom is -0.479 e. The quantitative estimate of drug-likeness (QED) is 0.782. The number of carboxylic acid groups (broad SMARTS) is 1. The molecule has 21 heavy (non-hydrogen) atoms. The van der Waals surface area contributed by atoms with Crippen molar-refractivity contribution in [3.05, 3.63) is 0 Å². The summed E-state index contributed by atoms with van der Waals surface area (Å²) in [5.74, 6) is -1.56. The summed E-state index contributed by atoms with van der Waals surface area (Å²) in [7, 11) is 0. The highest BCUT2D eigenvalue weighted by Crippen LogP contribution is 2.27. The van der Waals surface area contributed by atoms with E-state index in [2.05, 4.69) is 5.32 Å². The number of nitrogens with one attached hydrogen (secondary N) is 1. The molecule has 0 heterocycles. The lowest BCUT2D eigenvalue weighted by Crippen LogP contribution is -2.61. The van der Waals surface area contributed by atoms with Crippen LogP contribution in [0.2, 0.25) is 0 Å². The first-order chi connectivity index (χ1) is 9.44. The molecule has 7 heteroatoms. The van der Waals surface area contributed by atoms with Crippen molar-refractivity contribution >= 4 is 28.9 Å². The molecule has 0 saturated heterocycles. The fourth-order valence-electron chi connectivity index (χ4n) is 1.68. The second kappa shape index (κ2) is 7.68. The maximum atomic E-state index is 12.0. The molecule has 0 saturated carbocycles. The zero-order chi connectivity index (χ0) is 16.8. The van der Waals surface area contributed by atoms with Crippen LogP contribution in [0.4, 0.5) is 4.79 Å². The van der Waals surface area contributed by atoms with Crippen molar-refractivity contribution in [1.82, 2.24) is 5.32 Å². The second-order valence-corrected chi connectivity index (χ2v) is 7.15. The number of thioether (sulfide) groups is 1. The van der Waals surface area contributed by atoms with Gasteiger partial charge < -0.3 is 15.2 Å². The fourth-order valence-corrected chi connectivity index (χ4v) is 2.59. The fraction of sp³-hybridized carbons (Fsp3) is 0.786. The van der Waals surface area contributed by atoms with Gasteiger partial charge in [-0.15, -0.1) is 0 Å². The summed E-state index contributed by atoms with van der Waals surface area (Å²) in [6.07, 6.45) is -0.255. The number of amides is 1. The Hall–Kier alpha value is -1.24. The van der Waals surface area contributed by atoms with Crippen molar-refractivity contribution in [2.75, 3.05) is 5.75 Å². The van der Waals surface area contributed by atoms with E-state index in [1.807, 2.05) is 6.92 Å². The normalized spacial score (nSPS) is 15.7. The molecule has 0 bridgehead atoms. The summed E-state index contributed by atoms with van der Waals surface area (Å²) in [6, 6.07) is 0. The molecule has 2 unspecified atom stereocenters. The predicted molar refractivity (Wildman–Crippen MR) is 82.3 cm³/mol. The first kappa shape index (κ1) is 19.8. The van der Waals surface area contributed by atoms with E-state index in [0.717, 1.165) is 11.8 Å². The Bertz CT molecular complexity index is 405. The Morgan fingerprint density at radius 3 is 2.14 bits per heavy atom. The zero-order valence-electron chi connectivity index (χ0n) is 13.5. The number of hydrogen-bond acceptors (Lipinski definition) is 5. The zero-order valence-corrected chi connectivity index (χ0v) is 14.3. The van der Waals surface area contributed by atoms with Gasteiger partial charge in [0, 0.05) is 12.7 Å². The van der Waals surface area contributed by atoms with Crippen molar-refractivity contribution in [3.8, 4) is 0 Å². The minimum atomic E-state index is -1.53. The van der Waals surface area contributed by atoms with Gasteiger partial charge in [0.05, 0.1) is 0 Å². The van der Waals surface area contributed by atoms with E-state index in [-0.39, 0.29) is 16.8 Å². The van der Waals surface area contributed by atoms with Crippen molar-refractivity contribution in [1.29, 1.82) is 0 Å². The van der Waals surface area contributed by atoms with Gasteiger partial charge in [-0.05, 0) is 26.7 Å². The molecule has 1 amide bonds. The molecule has 0 aromatic rings. The Balaban J connectivity index is 5.31. The maximum absolute atomic E-state index is 12.0. The number of aliphatic carboxylic acids is 1. The summed E-state index contributed by atoms with van der Waals surface area (Å²) < 4.78 is 5.14. The van der Waals surface area contributed by atoms with Gasteiger partial charge in [0.15, 0.2) is 10.7 Å². The lowest BCUT2D eigenvalue weighted by atomic mass is 9.85. The minimum absolute atomic E-state index is 0.0358. The van der Waals surface area contributed by atoms with Crippen LogP contribution in [0, 0.1) is 5.92 Å². The highest BCUT2D eigenvalue weighted by Gasteiger charge is 2.45. The molecule has 2 N–H and O–H groups in total. The third-order valence-electron chi connectivity index (χ3n) is 3.06. The molecule has 0 aliphatic carbocycles. The summed E-state index contributed by atoms with van der Waals surface area (Å²) in [4.78, 5) is 34.9. The Morgan fingerprint density at radius 1 is 1.29 bits per heavy atom. The molecule has 6 nitrogen and oxygen atoms in total. The lowest BCUT2D eigenvalue weighted by molar-refractivity contribution is -0.146. The van der Waals surface area contributed by atoms with Crippen LogP contribution in [0.15, 0.2) is 0 Å². The van der Waals surface area contributed by atoms with Crippen LogP contribution in [0.5, 0.6) is 0 Å². The number of rotatable bonds is 6. The Morgan fingerprint density at radius 2 is 1.81 bits per heavy atom. The largest absolute Gasteiger partial charge is 0.479 e. The number of alkyl carbamates (subject to hydrolysis) is 1. The number of hydrogen-bond donors (Lipinski definition) is 2. The molecular weight excluding hydrogens is 294 g/mol. The van der Waals surface area contributed by atoms with Gasteiger partial charge in [-0.2, -0.15) is 0 Å². The van der Waals surface area contributed by atoms with Crippen LogP contribution in [-0.2, 0) is 14.3 Å². The average Bonchev–Trinajstić information content (AvgIpc) is 2.30. The topological polar surface area (TPSA) is 92.7 Å². The van der Waals surface area contributed by atoms with Crippen molar-refractivity contribution in [2.24, 2.45) is 5.92 Å². The third-order valence-corrected chi connectivity index (χ3v) is 4.07. The van der Waals surface area contributed by atoms with E-state index in [9.17, 15) is 19.5 Å². The van der Waals surface area contributed by atoms with Crippen LogP contribution in [0.1, 0.15) is 48.0 Å². The molecule has 0 rings (SSSR count). The first-order valence-electron chi connectivity index (χ1n) is 6.82. The summed E-state index contributed by atoms with van der Waals surface area (Å²) in [5, 5.41) is 11.9. The number of carbonyl (C=O) groups excluding carboxylic acids is 2. The molecule has 0 fully saturated rings. The molecule has 0 aromatic heterocycles. The number of ether oxygens (including phenoxy) is 1. The third kappa shape index (κ3) is 6.37. The molecule has 0 aliphatic heterocycles. The molecule has 122 valence electrons. The monoisotopic (exact) mass is 319 g/mol. The highest BCUT2D eigenvalue weighted by molar-refractivity contribution is 8.13. The number of carbonyl (C=O) groups is 3. The van der Waals surface area contributed by atoms with Gasteiger partial charge in [0.1, 0.15) is 5.60 Å². The van der Waals surface area contributed by atoms with Crippen LogP contribution in [-0.4, -0.2) is 39.2 Å².